The lowest BCUT2D eigenvalue weighted by atomic mass is 10.3. The Bertz CT molecular complexity index is 442. The molecule has 0 saturated heterocycles. The zero-order chi connectivity index (χ0) is 12.8. The van der Waals surface area contributed by atoms with Crippen LogP contribution in [0, 0.1) is 5.82 Å². The van der Waals surface area contributed by atoms with E-state index in [0.717, 1.165) is 0 Å². The summed E-state index contributed by atoms with van der Waals surface area (Å²) in [4.78, 5) is 22.4. The number of benzene rings is 1. The van der Waals surface area contributed by atoms with Crippen LogP contribution < -0.4 is 10.9 Å². The highest BCUT2D eigenvalue weighted by molar-refractivity contribution is 8.00. The quantitative estimate of drug-likeness (QED) is 0.653. The molecule has 0 aliphatic carbocycles. The van der Waals surface area contributed by atoms with Crippen LogP contribution in [0.4, 0.5) is 4.39 Å². The highest BCUT2D eigenvalue weighted by atomic mass is 35.5. The molecule has 2 N–H and O–H groups in total. The van der Waals surface area contributed by atoms with Gasteiger partial charge in [-0.1, -0.05) is 11.6 Å². The predicted molar refractivity (Wildman–Crippen MR) is 64.1 cm³/mol. The van der Waals surface area contributed by atoms with E-state index in [1.165, 1.54) is 36.9 Å². The van der Waals surface area contributed by atoms with E-state index in [1.807, 2.05) is 0 Å². The maximum Gasteiger partial charge on any atom is 0.248 e. The van der Waals surface area contributed by atoms with Gasteiger partial charge in [-0.15, -0.1) is 11.8 Å². The van der Waals surface area contributed by atoms with Gasteiger partial charge in [0, 0.05) is 11.8 Å². The van der Waals surface area contributed by atoms with E-state index in [1.54, 1.807) is 0 Å². The molecule has 0 spiro atoms. The van der Waals surface area contributed by atoms with Crippen LogP contribution in [0.15, 0.2) is 23.1 Å². The van der Waals surface area contributed by atoms with Gasteiger partial charge < -0.3 is 0 Å². The third-order valence-electron chi connectivity index (χ3n) is 1.64. The molecule has 0 saturated carbocycles. The number of amides is 2. The molecule has 4 nitrogen and oxygen atoms in total. The van der Waals surface area contributed by atoms with E-state index in [9.17, 15) is 14.0 Å². The van der Waals surface area contributed by atoms with Crippen molar-refractivity contribution in [3.8, 4) is 0 Å². The van der Waals surface area contributed by atoms with Gasteiger partial charge >= 0.3 is 0 Å². The van der Waals surface area contributed by atoms with E-state index in [2.05, 4.69) is 10.9 Å². The number of nitrogens with one attached hydrogen (secondary N) is 2. The first-order chi connectivity index (χ1) is 7.99. The Morgan fingerprint density at radius 3 is 2.71 bits per heavy atom. The molecule has 0 atom stereocenters. The molecule has 17 heavy (non-hydrogen) atoms. The second kappa shape index (κ2) is 6.46. The molecule has 0 unspecified atom stereocenters. The van der Waals surface area contributed by atoms with Crippen LogP contribution in [0.1, 0.15) is 6.92 Å². The van der Waals surface area contributed by atoms with Gasteiger partial charge in [-0.2, -0.15) is 0 Å². The van der Waals surface area contributed by atoms with Gasteiger partial charge in [0.25, 0.3) is 0 Å². The largest absolute Gasteiger partial charge is 0.274 e. The highest BCUT2D eigenvalue weighted by Crippen LogP contribution is 2.23. The Labute approximate surface area is 107 Å². The summed E-state index contributed by atoms with van der Waals surface area (Å²) in [5.41, 5.74) is 4.38. The van der Waals surface area contributed by atoms with Crippen molar-refractivity contribution in [3.63, 3.8) is 0 Å². The predicted octanol–water partition coefficient (Wildman–Crippen LogP) is 1.74. The SMILES string of the molecule is CC(=O)NNC(=O)CSc1ccc(F)c(Cl)c1. The van der Waals surface area contributed by atoms with Crippen molar-refractivity contribution in [3.05, 3.63) is 29.0 Å². The van der Waals surface area contributed by atoms with Gasteiger partial charge in [0.05, 0.1) is 10.8 Å². The van der Waals surface area contributed by atoms with Crippen molar-refractivity contribution < 1.29 is 14.0 Å². The van der Waals surface area contributed by atoms with Crippen molar-refractivity contribution in [2.45, 2.75) is 11.8 Å². The fourth-order valence-electron chi connectivity index (χ4n) is 0.909. The number of hydrogen-bond acceptors (Lipinski definition) is 3. The van der Waals surface area contributed by atoms with Gasteiger partial charge in [-0.3, -0.25) is 20.4 Å². The third kappa shape index (κ3) is 5.06. The molecule has 7 heteroatoms. The standard InChI is InChI=1S/C10H10ClFN2O2S/c1-6(15)13-14-10(16)5-17-7-2-3-9(12)8(11)4-7/h2-4H,5H2,1H3,(H,13,15)(H,14,16). The Balaban J connectivity index is 2.42. The smallest absolute Gasteiger partial charge is 0.248 e. The summed E-state index contributed by atoms with van der Waals surface area (Å²) >= 11 is 6.77. The van der Waals surface area contributed by atoms with Crippen LogP contribution in [0.3, 0.4) is 0 Å². The normalized spacial score (nSPS) is 9.82. The summed E-state index contributed by atoms with van der Waals surface area (Å²) in [6.45, 7) is 1.28. The molecule has 0 bridgehead atoms. The summed E-state index contributed by atoms with van der Waals surface area (Å²) < 4.78 is 12.8. The van der Waals surface area contributed by atoms with Gasteiger partial charge in [-0.05, 0) is 18.2 Å². The molecule has 1 aromatic carbocycles. The van der Waals surface area contributed by atoms with Crippen LogP contribution in [0.5, 0.6) is 0 Å². The van der Waals surface area contributed by atoms with Gasteiger partial charge in [0.2, 0.25) is 11.8 Å². The zero-order valence-electron chi connectivity index (χ0n) is 8.92. The fraction of sp³-hybridized carbons (Fsp3) is 0.200. The van der Waals surface area contributed by atoms with Crippen molar-refractivity contribution in [1.82, 2.24) is 10.9 Å². The van der Waals surface area contributed by atoms with Gasteiger partial charge in [0.15, 0.2) is 0 Å². The van der Waals surface area contributed by atoms with E-state index in [0.29, 0.717) is 4.90 Å². The van der Waals surface area contributed by atoms with Gasteiger partial charge in [-0.25, -0.2) is 4.39 Å². The molecule has 0 aliphatic rings. The summed E-state index contributed by atoms with van der Waals surface area (Å²) in [7, 11) is 0. The lowest BCUT2D eigenvalue weighted by molar-refractivity contribution is -0.126. The minimum atomic E-state index is -0.501. The average Bonchev–Trinajstić information content (AvgIpc) is 2.28. The van der Waals surface area contributed by atoms with Gasteiger partial charge in [0.1, 0.15) is 5.82 Å². The molecule has 0 aliphatic heterocycles. The minimum Gasteiger partial charge on any atom is -0.274 e. The monoisotopic (exact) mass is 276 g/mol. The molecule has 2 amide bonds. The van der Waals surface area contributed by atoms with Crippen molar-refractivity contribution >= 4 is 35.2 Å². The Kier molecular flexibility index (Phi) is 5.24. The minimum absolute atomic E-state index is 0.0114. The summed E-state index contributed by atoms with van der Waals surface area (Å²) in [6.07, 6.45) is 0. The van der Waals surface area contributed by atoms with Crippen LogP contribution in [0.2, 0.25) is 5.02 Å². The molecular weight excluding hydrogens is 267 g/mol. The Hall–Kier alpha value is -1.27. The lowest BCUT2D eigenvalue weighted by Crippen LogP contribution is -2.41. The number of thioether (sulfide) groups is 1. The molecule has 0 fully saturated rings. The molecule has 0 heterocycles. The number of carbonyl (C=O) groups is 2. The van der Waals surface area contributed by atoms with Crippen LogP contribution in [-0.4, -0.2) is 17.6 Å². The molecule has 92 valence electrons. The van der Waals surface area contributed by atoms with Crippen LogP contribution in [0.25, 0.3) is 0 Å². The number of halogens is 2. The maximum absolute atomic E-state index is 12.8. The molecule has 1 aromatic rings. The fourth-order valence-corrected chi connectivity index (χ4v) is 1.89. The molecule has 1 rings (SSSR count). The average molecular weight is 277 g/mol. The van der Waals surface area contributed by atoms with Crippen molar-refractivity contribution in [2.75, 3.05) is 5.75 Å². The van der Waals surface area contributed by atoms with Crippen molar-refractivity contribution in [2.24, 2.45) is 0 Å². The van der Waals surface area contributed by atoms with Crippen molar-refractivity contribution in [1.29, 1.82) is 0 Å². The second-order valence-electron chi connectivity index (χ2n) is 3.09. The number of carbonyl (C=O) groups excluding carboxylic acids is 2. The molecular formula is C10H10ClFN2O2S. The Morgan fingerprint density at radius 1 is 1.41 bits per heavy atom. The first-order valence-electron chi connectivity index (χ1n) is 4.62. The topological polar surface area (TPSA) is 58.2 Å². The first kappa shape index (κ1) is 13.8. The summed E-state index contributed by atoms with van der Waals surface area (Å²) in [5, 5.41) is 0.0114. The maximum atomic E-state index is 12.8. The highest BCUT2D eigenvalue weighted by Gasteiger charge is 2.05. The number of hydrogen-bond donors (Lipinski definition) is 2. The zero-order valence-corrected chi connectivity index (χ0v) is 10.5. The summed E-state index contributed by atoms with van der Waals surface area (Å²) in [5.74, 6) is -1.11. The molecule has 0 radical (unpaired) electrons. The van der Waals surface area contributed by atoms with E-state index in [4.69, 9.17) is 11.6 Å². The van der Waals surface area contributed by atoms with Crippen LogP contribution >= 0.6 is 23.4 Å². The second-order valence-corrected chi connectivity index (χ2v) is 4.55. The van der Waals surface area contributed by atoms with E-state index < -0.39 is 5.82 Å². The molecule has 0 aromatic heterocycles. The van der Waals surface area contributed by atoms with E-state index >= 15 is 0 Å². The first-order valence-corrected chi connectivity index (χ1v) is 5.98. The summed E-state index contributed by atoms with van der Waals surface area (Å²) in [6, 6.07) is 4.20. The number of hydrazine groups is 1. The van der Waals surface area contributed by atoms with E-state index in [-0.39, 0.29) is 22.6 Å². The Morgan fingerprint density at radius 2 is 2.12 bits per heavy atom. The lowest BCUT2D eigenvalue weighted by Gasteiger charge is -2.05. The van der Waals surface area contributed by atoms with Crippen LogP contribution in [-0.2, 0) is 9.59 Å². The number of rotatable bonds is 3. The third-order valence-corrected chi connectivity index (χ3v) is 2.92.